The highest BCUT2D eigenvalue weighted by molar-refractivity contribution is 5.68. The molecule has 10 atom stereocenters. The lowest BCUT2D eigenvalue weighted by Crippen LogP contribution is -2.65. The Morgan fingerprint density at radius 1 is 0.644 bits per heavy atom. The van der Waals surface area contributed by atoms with E-state index in [1.807, 2.05) is 37.3 Å². The Hall–Kier alpha value is -3.59. The molecule has 0 unspecified atom stereocenters. The van der Waals surface area contributed by atoms with Gasteiger partial charge in [-0.3, -0.25) is 24.0 Å². The van der Waals surface area contributed by atoms with Crippen molar-refractivity contribution in [2.75, 3.05) is 6.61 Å². The summed E-state index contributed by atoms with van der Waals surface area (Å²) >= 11 is 0. The zero-order chi connectivity index (χ0) is 33.3. The molecular weight excluding hydrogens is 596 g/mol. The van der Waals surface area contributed by atoms with Gasteiger partial charge in [-0.25, -0.2) is 0 Å². The van der Waals surface area contributed by atoms with Crippen LogP contribution in [0.5, 0.6) is 0 Å². The van der Waals surface area contributed by atoms with Gasteiger partial charge in [-0.05, 0) is 12.0 Å². The molecule has 0 aromatic heterocycles. The maximum atomic E-state index is 12.4. The van der Waals surface area contributed by atoms with Crippen molar-refractivity contribution >= 4 is 29.8 Å². The summed E-state index contributed by atoms with van der Waals surface area (Å²) in [5.41, 5.74) is 0.756. The lowest BCUT2D eigenvalue weighted by atomic mass is 9.88. The third-order valence-corrected chi connectivity index (χ3v) is 7.21. The summed E-state index contributed by atoms with van der Waals surface area (Å²) in [4.78, 5) is 60.7. The Bertz CT molecular complexity index is 1170. The van der Waals surface area contributed by atoms with Gasteiger partial charge in [0.05, 0.1) is 12.7 Å². The second-order valence-electron chi connectivity index (χ2n) is 10.8. The van der Waals surface area contributed by atoms with Crippen LogP contribution >= 0.6 is 0 Å². The van der Waals surface area contributed by atoms with Gasteiger partial charge in [0.25, 0.3) is 0 Å². The number of carbonyl (C=O) groups is 5. The van der Waals surface area contributed by atoms with Gasteiger partial charge in [-0.1, -0.05) is 44.2 Å². The van der Waals surface area contributed by atoms with Crippen LogP contribution in [-0.2, 0) is 73.2 Å². The monoisotopic (exact) mass is 638 g/mol. The van der Waals surface area contributed by atoms with Gasteiger partial charge < -0.3 is 42.6 Å². The number of carbonyl (C=O) groups excluding carboxylic acids is 5. The summed E-state index contributed by atoms with van der Waals surface area (Å²) in [5.74, 6) is -3.80. The van der Waals surface area contributed by atoms with Crippen molar-refractivity contribution in [3.8, 4) is 0 Å². The molecule has 250 valence electrons. The summed E-state index contributed by atoms with van der Waals surface area (Å²) < 4.78 is 52.4. The van der Waals surface area contributed by atoms with E-state index in [0.29, 0.717) is 6.42 Å². The molecule has 2 aliphatic rings. The molecule has 45 heavy (non-hydrogen) atoms. The topological polar surface area (TPSA) is 168 Å². The number of ether oxygens (including phenoxy) is 9. The lowest BCUT2D eigenvalue weighted by Gasteiger charge is -2.48. The molecule has 14 heteroatoms. The minimum absolute atomic E-state index is 0.00193. The number of rotatable bonds is 12. The van der Waals surface area contributed by atoms with Crippen LogP contribution in [0.4, 0.5) is 0 Å². The highest BCUT2D eigenvalue weighted by atomic mass is 16.8. The second kappa shape index (κ2) is 16.6. The van der Waals surface area contributed by atoms with Gasteiger partial charge in [-0.15, -0.1) is 0 Å². The predicted octanol–water partition coefficient (Wildman–Crippen LogP) is 2.37. The smallest absolute Gasteiger partial charge is 0.305 e. The average molecular weight is 639 g/mol. The fourth-order valence-electron chi connectivity index (χ4n) is 5.36. The Morgan fingerprint density at radius 2 is 1.20 bits per heavy atom. The molecule has 14 nitrogen and oxygen atoms in total. The normalized spacial score (nSPS) is 31.3. The van der Waals surface area contributed by atoms with E-state index in [1.165, 1.54) is 27.7 Å². The SMILES string of the molecule is CC[C@@H]1O[C@H](OC(C)=O)[C@@H](O[C@H]2O[C@H](COC(C)=O)[C@@H](OC(C)=O)[C@@H](OCc3ccccc3)[C@@H]2OC(C)=O)[C@@H](OC(C)=O)[C@@H]1C. The average Bonchev–Trinajstić information content (AvgIpc) is 2.95. The first-order valence-corrected chi connectivity index (χ1v) is 14.7. The zero-order valence-electron chi connectivity index (χ0n) is 26.5. The Morgan fingerprint density at radius 3 is 1.76 bits per heavy atom. The van der Waals surface area contributed by atoms with Gasteiger partial charge in [0, 0.05) is 40.5 Å². The van der Waals surface area contributed by atoms with Crippen molar-refractivity contribution in [2.45, 2.75) is 117 Å². The molecule has 0 aliphatic carbocycles. The number of hydrogen-bond acceptors (Lipinski definition) is 14. The molecule has 0 radical (unpaired) electrons. The van der Waals surface area contributed by atoms with Crippen LogP contribution < -0.4 is 0 Å². The van der Waals surface area contributed by atoms with Gasteiger partial charge >= 0.3 is 29.8 Å². The zero-order valence-corrected chi connectivity index (χ0v) is 26.5. The molecule has 3 rings (SSSR count). The fraction of sp³-hybridized carbons (Fsp3) is 0.645. The molecule has 2 heterocycles. The van der Waals surface area contributed by atoms with Crippen molar-refractivity contribution in [3.63, 3.8) is 0 Å². The number of hydrogen-bond donors (Lipinski definition) is 0. The minimum Gasteiger partial charge on any atom is -0.463 e. The van der Waals surface area contributed by atoms with Crippen molar-refractivity contribution in [2.24, 2.45) is 5.92 Å². The van der Waals surface area contributed by atoms with E-state index in [-0.39, 0.29) is 13.2 Å². The number of esters is 5. The van der Waals surface area contributed by atoms with Crippen LogP contribution in [0.15, 0.2) is 30.3 Å². The largest absolute Gasteiger partial charge is 0.463 e. The molecular formula is C31H42O14. The first-order valence-electron chi connectivity index (χ1n) is 14.7. The Kier molecular flexibility index (Phi) is 13.3. The van der Waals surface area contributed by atoms with E-state index in [1.54, 1.807) is 6.92 Å². The lowest BCUT2D eigenvalue weighted by molar-refractivity contribution is -0.361. The minimum atomic E-state index is -1.50. The first kappa shape index (κ1) is 35.9. The molecule has 2 fully saturated rings. The molecule has 0 bridgehead atoms. The predicted molar refractivity (Wildman–Crippen MR) is 152 cm³/mol. The summed E-state index contributed by atoms with van der Waals surface area (Å²) in [6, 6.07) is 9.07. The van der Waals surface area contributed by atoms with Crippen LogP contribution in [0.3, 0.4) is 0 Å². The summed E-state index contributed by atoms with van der Waals surface area (Å²) in [6.45, 7) is 9.22. The van der Waals surface area contributed by atoms with Crippen LogP contribution in [0, 0.1) is 5.92 Å². The molecule has 0 N–H and O–H groups in total. The molecule has 1 aromatic rings. The molecule has 2 saturated heterocycles. The quantitative estimate of drug-likeness (QED) is 0.242. The first-order chi connectivity index (χ1) is 21.3. The van der Waals surface area contributed by atoms with Gasteiger partial charge in [0.2, 0.25) is 6.29 Å². The van der Waals surface area contributed by atoms with E-state index in [9.17, 15) is 24.0 Å². The van der Waals surface area contributed by atoms with Crippen molar-refractivity contribution < 1.29 is 66.6 Å². The van der Waals surface area contributed by atoms with E-state index >= 15 is 0 Å². The third kappa shape index (κ3) is 10.2. The summed E-state index contributed by atoms with van der Waals surface area (Å²) in [5, 5.41) is 0. The fourth-order valence-corrected chi connectivity index (χ4v) is 5.36. The van der Waals surface area contributed by atoms with Gasteiger partial charge in [0.1, 0.15) is 24.9 Å². The van der Waals surface area contributed by atoms with Crippen LogP contribution in [-0.4, -0.2) is 91.8 Å². The van der Waals surface area contributed by atoms with Gasteiger partial charge in [0.15, 0.2) is 24.6 Å². The highest BCUT2D eigenvalue weighted by Crippen LogP contribution is 2.37. The molecule has 0 spiro atoms. The van der Waals surface area contributed by atoms with Crippen molar-refractivity contribution in [1.82, 2.24) is 0 Å². The van der Waals surface area contributed by atoms with Gasteiger partial charge in [-0.2, -0.15) is 0 Å². The Labute approximate surface area is 261 Å². The van der Waals surface area contributed by atoms with Crippen molar-refractivity contribution in [1.29, 1.82) is 0 Å². The van der Waals surface area contributed by atoms with E-state index in [4.69, 9.17) is 42.6 Å². The second-order valence-corrected chi connectivity index (χ2v) is 10.8. The summed E-state index contributed by atoms with van der Waals surface area (Å²) in [7, 11) is 0. The Balaban J connectivity index is 2.08. The molecule has 0 saturated carbocycles. The maximum Gasteiger partial charge on any atom is 0.305 e. The van der Waals surface area contributed by atoms with Crippen LogP contribution in [0.2, 0.25) is 0 Å². The molecule has 2 aliphatic heterocycles. The molecule has 1 aromatic carbocycles. The van der Waals surface area contributed by atoms with E-state index in [0.717, 1.165) is 12.5 Å². The number of benzene rings is 1. The van der Waals surface area contributed by atoms with Crippen LogP contribution in [0.25, 0.3) is 0 Å². The van der Waals surface area contributed by atoms with E-state index in [2.05, 4.69) is 0 Å². The van der Waals surface area contributed by atoms with Crippen molar-refractivity contribution in [3.05, 3.63) is 35.9 Å². The maximum absolute atomic E-state index is 12.4. The van der Waals surface area contributed by atoms with Crippen LogP contribution in [0.1, 0.15) is 60.5 Å². The standard InChI is InChI=1S/C31H42O14/c1-8-23-16(2)25(39-18(4)33)28(30(43-23)42-21(7)36)45-31-29(41-20(6)35)27(38-14-22-12-10-9-11-13-22)26(40-19(5)34)24(44-31)15-37-17(3)32/h9-13,16,23-31H,8,14-15H2,1-7H3/t16-,23+,24-,25+,26-,27-,28+,29+,30+,31-/m1/s1. The molecule has 0 amide bonds. The summed E-state index contributed by atoms with van der Waals surface area (Å²) in [6.07, 6.45) is -10.1. The highest BCUT2D eigenvalue weighted by Gasteiger charge is 2.55. The third-order valence-electron chi connectivity index (χ3n) is 7.21. The van der Waals surface area contributed by atoms with E-state index < -0.39 is 91.1 Å².